The fourth-order valence-corrected chi connectivity index (χ4v) is 5.66. The van der Waals surface area contributed by atoms with Gasteiger partial charge in [-0.3, -0.25) is 4.79 Å². The monoisotopic (exact) mass is 442 g/mol. The third-order valence-corrected chi connectivity index (χ3v) is 8.58. The molecule has 0 atom stereocenters. The summed E-state index contributed by atoms with van der Waals surface area (Å²) in [7, 11) is -1.27. The number of amides is 1. The summed E-state index contributed by atoms with van der Waals surface area (Å²) in [6.07, 6.45) is 0.513. The highest BCUT2D eigenvalue weighted by Crippen LogP contribution is 2.29. The van der Waals surface area contributed by atoms with E-state index < -0.39 is 8.07 Å². The first-order valence-electron chi connectivity index (χ1n) is 11.6. The third-order valence-electron chi connectivity index (χ3n) is 6.51. The summed E-state index contributed by atoms with van der Waals surface area (Å²) in [5.74, 6) is 0.341. The average Bonchev–Trinajstić information content (AvgIpc) is 2.83. The molecule has 0 aromatic heterocycles. The van der Waals surface area contributed by atoms with Crippen molar-refractivity contribution < 1.29 is 4.79 Å². The lowest BCUT2D eigenvalue weighted by atomic mass is 9.88. The van der Waals surface area contributed by atoms with Gasteiger partial charge in [-0.05, 0) is 23.3 Å². The number of piperazine rings is 1. The van der Waals surface area contributed by atoms with Crippen molar-refractivity contribution in [1.29, 1.82) is 0 Å². The van der Waals surface area contributed by atoms with Crippen LogP contribution in [-0.4, -0.2) is 45.1 Å². The van der Waals surface area contributed by atoms with Crippen molar-refractivity contribution in [1.82, 2.24) is 4.90 Å². The van der Waals surface area contributed by atoms with Crippen LogP contribution in [0.1, 0.15) is 23.5 Å². The Morgan fingerprint density at radius 3 is 1.72 bits per heavy atom. The van der Waals surface area contributed by atoms with Gasteiger partial charge in [-0.2, -0.15) is 0 Å². The van der Waals surface area contributed by atoms with Crippen LogP contribution < -0.4 is 10.1 Å². The van der Waals surface area contributed by atoms with Gasteiger partial charge in [0.1, 0.15) is 0 Å². The second-order valence-electron chi connectivity index (χ2n) is 9.74. The molecule has 1 saturated heterocycles. The average molecular weight is 443 g/mol. The molecule has 0 aliphatic carbocycles. The lowest BCUT2D eigenvalue weighted by Crippen LogP contribution is -2.49. The Hall–Kier alpha value is -2.85. The largest absolute Gasteiger partial charge is 0.368 e. The van der Waals surface area contributed by atoms with Crippen LogP contribution in [0.15, 0.2) is 84.9 Å². The molecule has 0 N–H and O–H groups in total. The fourth-order valence-electron chi connectivity index (χ4n) is 4.49. The Balaban J connectivity index is 1.40. The smallest absolute Gasteiger partial charge is 0.223 e. The maximum Gasteiger partial charge on any atom is 0.223 e. The summed E-state index contributed by atoms with van der Waals surface area (Å²) in [6.45, 7) is 10.5. The molecule has 0 spiro atoms. The van der Waals surface area contributed by atoms with Crippen molar-refractivity contribution in [3.63, 3.8) is 0 Å². The van der Waals surface area contributed by atoms with E-state index in [-0.39, 0.29) is 11.8 Å². The maximum absolute atomic E-state index is 13.3. The first-order chi connectivity index (χ1) is 15.4. The third kappa shape index (κ3) is 5.31. The van der Waals surface area contributed by atoms with Gasteiger partial charge in [-0.1, -0.05) is 97.6 Å². The fraction of sp³-hybridized carbons (Fsp3) is 0.321. The van der Waals surface area contributed by atoms with Crippen LogP contribution >= 0.6 is 0 Å². The van der Waals surface area contributed by atoms with Crippen molar-refractivity contribution in [2.75, 3.05) is 31.1 Å². The van der Waals surface area contributed by atoms with Crippen LogP contribution in [0.5, 0.6) is 0 Å². The molecule has 3 nitrogen and oxygen atoms in total. The topological polar surface area (TPSA) is 23.6 Å². The normalized spacial score (nSPS) is 14.6. The number of nitrogens with zero attached hydrogens (tertiary/aromatic N) is 2. The van der Waals surface area contributed by atoms with Gasteiger partial charge in [0.2, 0.25) is 5.91 Å². The van der Waals surface area contributed by atoms with Crippen molar-refractivity contribution in [3.8, 4) is 0 Å². The molecule has 4 rings (SSSR count). The Labute approximate surface area is 193 Å². The van der Waals surface area contributed by atoms with Gasteiger partial charge in [-0.25, -0.2) is 0 Å². The Bertz CT molecular complexity index is 965. The summed E-state index contributed by atoms with van der Waals surface area (Å²) in [4.78, 5) is 17.7. The first kappa shape index (κ1) is 22.3. The van der Waals surface area contributed by atoms with Gasteiger partial charge >= 0.3 is 0 Å². The number of hydrogen-bond acceptors (Lipinski definition) is 2. The molecule has 3 aromatic carbocycles. The number of carbonyl (C=O) groups excluding carboxylic acids is 1. The summed E-state index contributed by atoms with van der Waals surface area (Å²) in [5.41, 5.74) is 3.67. The lowest BCUT2D eigenvalue weighted by Gasteiger charge is -2.37. The molecule has 0 saturated carbocycles. The SMILES string of the molecule is C[Si](C)(C)c1ccc(N2CCN(C(=O)CC(c3ccccc3)c3ccccc3)CC2)cc1. The number of hydrogen-bond donors (Lipinski definition) is 0. The molecule has 0 bridgehead atoms. The van der Waals surface area contributed by atoms with Gasteiger partial charge in [0, 0.05) is 44.2 Å². The molecular formula is C28H34N2OSi. The van der Waals surface area contributed by atoms with E-state index in [1.54, 1.807) is 0 Å². The molecule has 1 aliphatic rings. The summed E-state index contributed by atoms with van der Waals surface area (Å²) in [5, 5.41) is 1.49. The Kier molecular flexibility index (Phi) is 6.80. The number of benzene rings is 3. The summed E-state index contributed by atoms with van der Waals surface area (Å²) < 4.78 is 0. The molecule has 166 valence electrons. The summed E-state index contributed by atoms with van der Waals surface area (Å²) in [6, 6.07) is 29.9. The molecule has 1 fully saturated rings. The van der Waals surface area contributed by atoms with Gasteiger partial charge < -0.3 is 9.80 Å². The van der Waals surface area contributed by atoms with E-state index in [0.717, 1.165) is 26.2 Å². The van der Waals surface area contributed by atoms with E-state index >= 15 is 0 Å². The van der Waals surface area contributed by atoms with E-state index in [2.05, 4.69) is 97.3 Å². The lowest BCUT2D eigenvalue weighted by molar-refractivity contribution is -0.131. The molecule has 3 aromatic rings. The molecule has 0 radical (unpaired) electrons. The van der Waals surface area contributed by atoms with Crippen molar-refractivity contribution in [3.05, 3.63) is 96.1 Å². The first-order valence-corrected chi connectivity index (χ1v) is 15.1. The number of rotatable bonds is 6. The molecule has 1 amide bonds. The highest BCUT2D eigenvalue weighted by molar-refractivity contribution is 6.88. The number of anilines is 1. The van der Waals surface area contributed by atoms with Crippen LogP contribution in [0.25, 0.3) is 0 Å². The maximum atomic E-state index is 13.3. The second kappa shape index (κ2) is 9.74. The van der Waals surface area contributed by atoms with Gasteiger partial charge in [0.25, 0.3) is 0 Å². The van der Waals surface area contributed by atoms with E-state index in [4.69, 9.17) is 0 Å². The summed E-state index contributed by atoms with van der Waals surface area (Å²) >= 11 is 0. The minimum Gasteiger partial charge on any atom is -0.368 e. The number of carbonyl (C=O) groups is 1. The van der Waals surface area contributed by atoms with Crippen LogP contribution in [0.2, 0.25) is 19.6 Å². The minimum atomic E-state index is -1.27. The minimum absolute atomic E-state index is 0.0945. The van der Waals surface area contributed by atoms with Gasteiger partial charge in [0.15, 0.2) is 0 Å². The van der Waals surface area contributed by atoms with Gasteiger partial charge in [-0.15, -0.1) is 0 Å². The zero-order chi connectivity index (χ0) is 22.6. The molecule has 4 heteroatoms. The highest BCUT2D eigenvalue weighted by Gasteiger charge is 2.25. The zero-order valence-electron chi connectivity index (χ0n) is 19.5. The Morgan fingerprint density at radius 1 is 0.750 bits per heavy atom. The van der Waals surface area contributed by atoms with Crippen LogP contribution in [0.4, 0.5) is 5.69 Å². The quantitative estimate of drug-likeness (QED) is 0.496. The van der Waals surface area contributed by atoms with E-state index in [9.17, 15) is 4.79 Å². The highest BCUT2D eigenvalue weighted by atomic mass is 28.3. The van der Waals surface area contributed by atoms with Gasteiger partial charge in [0.05, 0.1) is 8.07 Å². The standard InChI is InChI=1S/C28H34N2OSi/c1-32(2,3)26-16-14-25(15-17-26)29-18-20-30(21-19-29)28(31)22-27(23-10-6-4-7-11-23)24-12-8-5-9-13-24/h4-17,27H,18-22H2,1-3H3. The molecule has 32 heavy (non-hydrogen) atoms. The van der Waals surface area contributed by atoms with Crippen molar-refractivity contribution >= 4 is 24.9 Å². The Morgan fingerprint density at radius 2 is 1.25 bits per heavy atom. The zero-order valence-corrected chi connectivity index (χ0v) is 20.5. The van der Waals surface area contributed by atoms with Crippen LogP contribution in [0, 0.1) is 0 Å². The van der Waals surface area contributed by atoms with Crippen molar-refractivity contribution in [2.45, 2.75) is 32.0 Å². The second-order valence-corrected chi connectivity index (χ2v) is 14.8. The van der Waals surface area contributed by atoms with E-state index in [0.29, 0.717) is 6.42 Å². The van der Waals surface area contributed by atoms with E-state index in [1.165, 1.54) is 22.0 Å². The predicted molar refractivity (Wildman–Crippen MR) is 138 cm³/mol. The van der Waals surface area contributed by atoms with Crippen LogP contribution in [-0.2, 0) is 4.79 Å². The van der Waals surface area contributed by atoms with E-state index in [1.807, 2.05) is 17.0 Å². The molecule has 1 aliphatic heterocycles. The molecule has 0 unspecified atom stereocenters. The molecule has 1 heterocycles. The molecular weight excluding hydrogens is 408 g/mol. The van der Waals surface area contributed by atoms with Crippen LogP contribution in [0.3, 0.4) is 0 Å². The van der Waals surface area contributed by atoms with Crippen molar-refractivity contribution in [2.24, 2.45) is 0 Å². The predicted octanol–water partition coefficient (Wildman–Crippen LogP) is 5.10.